The highest BCUT2D eigenvalue weighted by molar-refractivity contribution is 6.01. The number of ether oxygens (including phenoxy) is 4. The van der Waals surface area contributed by atoms with Crippen LogP contribution in [0, 0.1) is 0 Å². The van der Waals surface area contributed by atoms with Crippen LogP contribution in [0.1, 0.15) is 26.3 Å². The van der Waals surface area contributed by atoms with Crippen molar-refractivity contribution in [3.8, 4) is 11.5 Å². The first-order valence-electron chi connectivity index (χ1n) is 8.27. The Morgan fingerprint density at radius 1 is 0.929 bits per heavy atom. The quantitative estimate of drug-likeness (QED) is 0.393. The Morgan fingerprint density at radius 3 is 2.25 bits per heavy atom. The first-order chi connectivity index (χ1) is 13.5. The van der Waals surface area contributed by atoms with Crippen LogP contribution in [0.4, 0.5) is 0 Å². The van der Waals surface area contributed by atoms with Crippen LogP contribution in [0.3, 0.4) is 0 Å². The molecule has 2 rings (SSSR count). The lowest BCUT2D eigenvalue weighted by Crippen LogP contribution is -2.13. The van der Waals surface area contributed by atoms with Gasteiger partial charge in [0, 0.05) is 6.08 Å². The van der Waals surface area contributed by atoms with Crippen LogP contribution >= 0.6 is 0 Å². The summed E-state index contributed by atoms with van der Waals surface area (Å²) in [4.78, 5) is 35.6. The number of methoxy groups -OCH3 is 3. The predicted octanol–water partition coefficient (Wildman–Crippen LogP) is 2.93. The van der Waals surface area contributed by atoms with E-state index in [2.05, 4.69) is 4.74 Å². The van der Waals surface area contributed by atoms with Gasteiger partial charge in [0.05, 0.1) is 32.5 Å². The highest BCUT2D eigenvalue weighted by Gasteiger charge is 2.15. The Kier molecular flexibility index (Phi) is 7.33. The van der Waals surface area contributed by atoms with Gasteiger partial charge in [0.25, 0.3) is 0 Å². The number of benzene rings is 2. The number of rotatable bonds is 8. The number of ketones is 1. The summed E-state index contributed by atoms with van der Waals surface area (Å²) in [7, 11) is 4.23. The zero-order valence-electron chi connectivity index (χ0n) is 15.8. The van der Waals surface area contributed by atoms with E-state index in [-0.39, 0.29) is 5.56 Å². The summed E-state index contributed by atoms with van der Waals surface area (Å²) in [6.45, 7) is -0.437. The summed E-state index contributed by atoms with van der Waals surface area (Å²) >= 11 is 0. The molecule has 0 atom stereocenters. The van der Waals surface area contributed by atoms with Gasteiger partial charge in [0.15, 0.2) is 6.61 Å². The minimum atomic E-state index is -0.674. The maximum atomic E-state index is 12.3. The van der Waals surface area contributed by atoms with Gasteiger partial charge in [0.2, 0.25) is 5.78 Å². The van der Waals surface area contributed by atoms with Crippen molar-refractivity contribution in [1.29, 1.82) is 0 Å². The molecule has 0 saturated heterocycles. The summed E-state index contributed by atoms with van der Waals surface area (Å²) in [6, 6.07) is 11.3. The molecule has 2 aromatic rings. The second kappa shape index (κ2) is 9.91. The first kappa shape index (κ1) is 20.7. The second-order valence-corrected chi connectivity index (χ2v) is 5.54. The number of carbonyl (C=O) groups is 3. The smallest absolute Gasteiger partial charge is 0.337 e. The molecule has 0 aromatic heterocycles. The van der Waals surface area contributed by atoms with Gasteiger partial charge in [0.1, 0.15) is 11.5 Å². The molecule has 2 aromatic carbocycles. The first-order valence-corrected chi connectivity index (χ1v) is 8.27. The van der Waals surface area contributed by atoms with Crippen LogP contribution in [0.2, 0.25) is 0 Å². The monoisotopic (exact) mass is 384 g/mol. The Balaban J connectivity index is 1.96. The lowest BCUT2D eigenvalue weighted by molar-refractivity contribution is -0.136. The highest BCUT2D eigenvalue weighted by Crippen LogP contribution is 2.24. The number of esters is 2. The van der Waals surface area contributed by atoms with E-state index in [1.807, 2.05) is 0 Å². The van der Waals surface area contributed by atoms with Gasteiger partial charge in [-0.1, -0.05) is 12.1 Å². The van der Waals surface area contributed by atoms with Crippen LogP contribution in [-0.4, -0.2) is 45.7 Å². The largest absolute Gasteiger partial charge is 0.497 e. The average Bonchev–Trinajstić information content (AvgIpc) is 2.75. The number of hydrogen-bond acceptors (Lipinski definition) is 7. The fraction of sp³-hybridized carbons (Fsp3) is 0.190. The number of hydrogen-bond donors (Lipinski definition) is 0. The van der Waals surface area contributed by atoms with Crippen molar-refractivity contribution in [2.24, 2.45) is 0 Å². The third-order valence-corrected chi connectivity index (χ3v) is 3.80. The maximum Gasteiger partial charge on any atom is 0.337 e. The van der Waals surface area contributed by atoms with Gasteiger partial charge < -0.3 is 18.9 Å². The van der Waals surface area contributed by atoms with E-state index in [1.54, 1.807) is 36.4 Å². The molecule has 0 amide bonds. The van der Waals surface area contributed by atoms with Gasteiger partial charge in [-0.15, -0.1) is 0 Å². The Hall–Kier alpha value is -3.61. The normalized spacial score (nSPS) is 10.4. The molecular formula is C21H20O7. The Morgan fingerprint density at radius 2 is 1.64 bits per heavy atom. The molecular weight excluding hydrogens is 364 g/mol. The summed E-state index contributed by atoms with van der Waals surface area (Å²) < 4.78 is 19.8. The van der Waals surface area contributed by atoms with Crippen molar-refractivity contribution in [3.05, 3.63) is 65.2 Å². The SMILES string of the molecule is COC(=O)c1ccc(/C=C/C(=O)OCC(=O)c2cc(OC)ccc2OC)cc1. The minimum absolute atomic E-state index is 0.261. The average molecular weight is 384 g/mol. The van der Waals surface area contributed by atoms with Crippen LogP contribution in [-0.2, 0) is 14.3 Å². The van der Waals surface area contributed by atoms with Gasteiger partial charge in [-0.3, -0.25) is 4.79 Å². The lowest BCUT2D eigenvalue weighted by Gasteiger charge is -2.09. The van der Waals surface area contributed by atoms with Gasteiger partial charge >= 0.3 is 11.9 Å². The molecule has 0 bridgehead atoms. The Bertz CT molecular complexity index is 882. The molecule has 0 saturated carbocycles. The van der Waals surface area contributed by atoms with Crippen molar-refractivity contribution >= 4 is 23.8 Å². The molecule has 7 nitrogen and oxygen atoms in total. The molecule has 0 aliphatic rings. The van der Waals surface area contributed by atoms with E-state index >= 15 is 0 Å². The number of Topliss-reactive ketones (excluding diaryl/α,β-unsaturated/α-hetero) is 1. The highest BCUT2D eigenvalue weighted by atomic mass is 16.5. The standard InChI is InChI=1S/C21H20O7/c1-25-16-9-10-19(26-2)17(12-16)18(22)13-28-20(23)11-6-14-4-7-15(8-5-14)21(24)27-3/h4-12H,13H2,1-3H3/b11-6+. The molecule has 0 aliphatic heterocycles. The van der Waals surface area contributed by atoms with E-state index in [0.717, 1.165) is 0 Å². The summed E-state index contributed by atoms with van der Waals surface area (Å²) in [6.07, 6.45) is 2.71. The lowest BCUT2D eigenvalue weighted by atomic mass is 10.1. The minimum Gasteiger partial charge on any atom is -0.497 e. The van der Waals surface area contributed by atoms with E-state index in [0.29, 0.717) is 22.6 Å². The molecule has 0 N–H and O–H groups in total. The van der Waals surface area contributed by atoms with Crippen LogP contribution in [0.5, 0.6) is 11.5 Å². The predicted molar refractivity (Wildman–Crippen MR) is 102 cm³/mol. The van der Waals surface area contributed by atoms with E-state index in [9.17, 15) is 14.4 Å². The molecule has 0 radical (unpaired) electrons. The molecule has 0 aliphatic carbocycles. The summed E-state index contributed by atoms with van der Waals surface area (Å²) in [5, 5.41) is 0. The van der Waals surface area contributed by atoms with Crippen molar-refractivity contribution in [3.63, 3.8) is 0 Å². The molecule has 28 heavy (non-hydrogen) atoms. The van der Waals surface area contributed by atoms with Gasteiger partial charge in [-0.05, 0) is 42.0 Å². The van der Waals surface area contributed by atoms with Crippen molar-refractivity contribution in [1.82, 2.24) is 0 Å². The number of carbonyl (C=O) groups excluding carboxylic acids is 3. The molecule has 0 unspecified atom stereocenters. The topological polar surface area (TPSA) is 88.1 Å². The van der Waals surface area contributed by atoms with Crippen LogP contribution in [0.25, 0.3) is 6.08 Å². The third-order valence-electron chi connectivity index (χ3n) is 3.80. The maximum absolute atomic E-state index is 12.3. The van der Waals surface area contributed by atoms with E-state index < -0.39 is 24.3 Å². The van der Waals surface area contributed by atoms with E-state index in [1.165, 1.54) is 39.5 Å². The molecule has 0 heterocycles. The van der Waals surface area contributed by atoms with Gasteiger partial charge in [-0.2, -0.15) is 0 Å². The fourth-order valence-electron chi connectivity index (χ4n) is 2.31. The molecule has 146 valence electrons. The second-order valence-electron chi connectivity index (χ2n) is 5.54. The summed E-state index contributed by atoms with van der Waals surface area (Å²) in [5.41, 5.74) is 1.35. The zero-order valence-corrected chi connectivity index (χ0v) is 15.8. The third kappa shape index (κ3) is 5.44. The fourth-order valence-corrected chi connectivity index (χ4v) is 2.31. The van der Waals surface area contributed by atoms with Crippen molar-refractivity contribution in [2.75, 3.05) is 27.9 Å². The zero-order chi connectivity index (χ0) is 20.5. The molecule has 7 heteroatoms. The molecule has 0 fully saturated rings. The van der Waals surface area contributed by atoms with Crippen molar-refractivity contribution in [2.45, 2.75) is 0 Å². The van der Waals surface area contributed by atoms with Gasteiger partial charge in [-0.25, -0.2) is 9.59 Å². The summed E-state index contributed by atoms with van der Waals surface area (Å²) in [5.74, 6) is -0.678. The molecule has 0 spiro atoms. The van der Waals surface area contributed by atoms with Crippen LogP contribution < -0.4 is 9.47 Å². The van der Waals surface area contributed by atoms with Crippen LogP contribution in [0.15, 0.2) is 48.5 Å². The van der Waals surface area contributed by atoms with E-state index in [4.69, 9.17) is 14.2 Å². The van der Waals surface area contributed by atoms with Crippen molar-refractivity contribution < 1.29 is 33.3 Å². The Labute approximate surface area is 162 Å².